The quantitative estimate of drug-likeness (QED) is 0.0391. The molecule has 0 aromatic rings. The number of ketones is 1. The predicted molar refractivity (Wildman–Crippen MR) is 231 cm³/mol. The molecule has 1 spiro atoms. The fraction of sp³-hybridized carbons (Fsp3) is 0.978. The lowest BCUT2D eigenvalue weighted by Gasteiger charge is -2.40. The summed E-state index contributed by atoms with van der Waals surface area (Å²) in [7, 11) is 1.68. The van der Waals surface area contributed by atoms with E-state index in [1.54, 1.807) is 7.11 Å². The van der Waals surface area contributed by atoms with Gasteiger partial charge in [-0.05, 0) is 40.0 Å². The maximum Gasteiger partial charge on any atom is 0.224 e. The number of aliphatic hydroxyl groups is 7. The smallest absolute Gasteiger partial charge is 0.224 e. The van der Waals surface area contributed by atoms with E-state index < -0.39 is 66.9 Å². The van der Waals surface area contributed by atoms with Gasteiger partial charge in [-0.15, -0.1) is 0 Å². The van der Waals surface area contributed by atoms with Crippen LogP contribution in [0.25, 0.3) is 0 Å². The molecule has 60 heavy (non-hydrogen) atoms. The third kappa shape index (κ3) is 20.8. The van der Waals surface area contributed by atoms with Gasteiger partial charge in [0.2, 0.25) is 5.79 Å². The standard InChI is InChI=1S/C27H50O6.C13H28O2.C6H12O6/c1-5-7-9-11-13-15-17-19-26(4)30-21-27(33-26)24(28)23-22(31-27)20-29-25(3,32-23)18-16-14-12-10-8-6-2;1-4-5-6-7-8-9-10-11-13(2,12-14)15-3;7-1-3(9)5(11)6(12)4(10)2-8/h22-24,28H,5-21H2,1-4H3;14H,4-12H2,1-3H3;3,5-9,11-12H,1-2H2. The van der Waals surface area contributed by atoms with Crippen LogP contribution in [-0.4, -0.2) is 141 Å². The molecular weight excluding hydrogens is 776 g/mol. The van der Waals surface area contributed by atoms with Crippen LogP contribution in [0.4, 0.5) is 0 Å². The first-order valence-electron chi connectivity index (χ1n) is 23.5. The summed E-state index contributed by atoms with van der Waals surface area (Å²) in [5, 5.41) is 63.4. The lowest BCUT2D eigenvalue weighted by Crippen LogP contribution is -2.53. The van der Waals surface area contributed by atoms with E-state index in [2.05, 4.69) is 20.8 Å². The van der Waals surface area contributed by atoms with Crippen LogP contribution < -0.4 is 0 Å². The average molecular weight is 867 g/mol. The molecule has 358 valence electrons. The normalized spacial score (nSPS) is 28.5. The summed E-state index contributed by atoms with van der Waals surface area (Å²) in [6.07, 6.45) is 21.0. The second-order valence-corrected chi connectivity index (χ2v) is 17.8. The highest BCUT2D eigenvalue weighted by Crippen LogP contribution is 2.47. The number of hydrogen-bond acceptors (Lipinski definition) is 14. The monoisotopic (exact) mass is 867 g/mol. The minimum atomic E-state index is -1.86. The third-order valence-electron chi connectivity index (χ3n) is 12.1. The Bertz CT molecular complexity index is 1080. The van der Waals surface area contributed by atoms with Gasteiger partial charge in [0.1, 0.15) is 49.8 Å². The Morgan fingerprint density at radius 3 is 1.67 bits per heavy atom. The fourth-order valence-corrected chi connectivity index (χ4v) is 7.77. The Balaban J connectivity index is 0.000000551. The molecule has 0 bridgehead atoms. The molecule has 3 saturated heterocycles. The van der Waals surface area contributed by atoms with Crippen molar-refractivity contribution in [2.45, 2.75) is 249 Å². The van der Waals surface area contributed by atoms with Crippen LogP contribution in [0.15, 0.2) is 0 Å². The number of unbranched alkanes of at least 4 members (excludes halogenated alkanes) is 17. The highest BCUT2D eigenvalue weighted by atomic mass is 16.9. The van der Waals surface area contributed by atoms with Crippen molar-refractivity contribution in [3.8, 4) is 0 Å². The van der Waals surface area contributed by atoms with E-state index in [1.807, 2.05) is 20.8 Å². The van der Waals surface area contributed by atoms with Crippen LogP contribution in [0.5, 0.6) is 0 Å². The SMILES string of the molecule is CCCCCCCCCC(C)(CO)OC.CCCCCCCCCC1(C)OCC2(OC3COC(C)(CCCCCCCC)OC3C2O)O1.O=C(CO)C(O)C(O)C(O)CO. The van der Waals surface area contributed by atoms with Crippen LogP contribution in [0.2, 0.25) is 0 Å². The number of fused-ring (bicyclic) bond motifs is 1. The average Bonchev–Trinajstić information content (AvgIpc) is 3.73. The fourth-order valence-electron chi connectivity index (χ4n) is 7.77. The highest BCUT2D eigenvalue weighted by molar-refractivity contribution is 5.84. The van der Waals surface area contributed by atoms with E-state index in [9.17, 15) is 9.90 Å². The van der Waals surface area contributed by atoms with Crippen LogP contribution >= 0.6 is 0 Å². The Labute approximate surface area is 363 Å². The molecular formula is C46H90O14. The molecule has 0 amide bonds. The van der Waals surface area contributed by atoms with Crippen molar-refractivity contribution in [3.05, 3.63) is 0 Å². The molecule has 0 aromatic carbocycles. The van der Waals surface area contributed by atoms with Gasteiger partial charge in [0.25, 0.3) is 0 Å². The topological polar surface area (TPSA) is 214 Å². The molecule has 3 fully saturated rings. The Morgan fingerprint density at radius 1 is 0.717 bits per heavy atom. The van der Waals surface area contributed by atoms with E-state index in [0.717, 1.165) is 38.5 Å². The molecule has 0 saturated carbocycles. The van der Waals surface area contributed by atoms with Gasteiger partial charge in [-0.3, -0.25) is 4.79 Å². The summed E-state index contributed by atoms with van der Waals surface area (Å²) in [4.78, 5) is 10.5. The van der Waals surface area contributed by atoms with Gasteiger partial charge in [-0.1, -0.05) is 136 Å². The van der Waals surface area contributed by atoms with Crippen molar-refractivity contribution in [1.82, 2.24) is 0 Å². The van der Waals surface area contributed by atoms with Gasteiger partial charge in [0.15, 0.2) is 17.4 Å². The summed E-state index contributed by atoms with van der Waals surface area (Å²) >= 11 is 0. The first kappa shape index (κ1) is 57.2. The maximum atomic E-state index is 11.2. The van der Waals surface area contributed by atoms with Crippen LogP contribution in [0, 0.1) is 0 Å². The molecule has 7 N–H and O–H groups in total. The maximum absolute atomic E-state index is 11.2. The number of carbonyl (C=O) groups is 1. The van der Waals surface area contributed by atoms with Crippen molar-refractivity contribution in [3.63, 3.8) is 0 Å². The Morgan fingerprint density at radius 2 is 1.20 bits per heavy atom. The largest absolute Gasteiger partial charge is 0.394 e. The zero-order valence-corrected chi connectivity index (χ0v) is 38.8. The lowest BCUT2D eigenvalue weighted by atomic mass is 9.98. The van der Waals surface area contributed by atoms with Crippen LogP contribution in [-0.2, 0) is 33.2 Å². The number of rotatable bonds is 30. The lowest BCUT2D eigenvalue weighted by molar-refractivity contribution is -0.314. The van der Waals surface area contributed by atoms with Gasteiger partial charge >= 0.3 is 0 Å². The molecule has 0 aliphatic carbocycles. The minimum Gasteiger partial charge on any atom is -0.394 e. The van der Waals surface area contributed by atoms with E-state index in [4.69, 9.17) is 59.1 Å². The molecule has 3 rings (SSSR count). The molecule has 10 unspecified atom stereocenters. The van der Waals surface area contributed by atoms with Crippen LogP contribution in [0.3, 0.4) is 0 Å². The number of Topliss-reactive ketones (excluding diaryl/α,β-unsaturated/α-hetero) is 1. The summed E-state index contributed by atoms with van der Waals surface area (Å²) in [6, 6.07) is 0. The van der Waals surface area contributed by atoms with Crippen molar-refractivity contribution in [2.75, 3.05) is 40.1 Å². The van der Waals surface area contributed by atoms with Crippen molar-refractivity contribution < 1.29 is 69.0 Å². The number of ether oxygens (including phenoxy) is 6. The number of hydrogen-bond donors (Lipinski definition) is 7. The minimum absolute atomic E-state index is 0.124. The molecule has 10 atom stereocenters. The highest BCUT2D eigenvalue weighted by Gasteiger charge is 2.65. The van der Waals surface area contributed by atoms with E-state index in [1.165, 1.54) is 109 Å². The second-order valence-electron chi connectivity index (χ2n) is 17.8. The molecule has 0 radical (unpaired) electrons. The molecule has 14 nitrogen and oxygen atoms in total. The van der Waals surface area contributed by atoms with E-state index in [0.29, 0.717) is 6.61 Å². The predicted octanol–water partition coefficient (Wildman–Crippen LogP) is 6.38. The molecule has 3 aliphatic rings. The molecule has 14 heteroatoms. The zero-order chi connectivity index (χ0) is 45.1. The molecule has 3 heterocycles. The van der Waals surface area contributed by atoms with Gasteiger partial charge in [0, 0.05) is 20.0 Å². The van der Waals surface area contributed by atoms with E-state index in [-0.39, 0.29) is 24.9 Å². The Hall–Kier alpha value is -0.850. The van der Waals surface area contributed by atoms with Gasteiger partial charge in [0.05, 0.1) is 25.4 Å². The first-order chi connectivity index (χ1) is 28.6. The van der Waals surface area contributed by atoms with Crippen molar-refractivity contribution in [1.29, 1.82) is 0 Å². The van der Waals surface area contributed by atoms with Crippen molar-refractivity contribution in [2.24, 2.45) is 0 Å². The summed E-state index contributed by atoms with van der Waals surface area (Å²) in [5.41, 5.74) is -0.316. The molecule has 0 aromatic heterocycles. The molecule has 3 aliphatic heterocycles. The van der Waals surface area contributed by atoms with Gasteiger partial charge in [-0.25, -0.2) is 0 Å². The summed E-state index contributed by atoms with van der Waals surface area (Å²) in [6.45, 7) is 11.7. The second kappa shape index (κ2) is 31.1. The summed E-state index contributed by atoms with van der Waals surface area (Å²) < 4.78 is 36.3. The third-order valence-corrected chi connectivity index (χ3v) is 12.1. The van der Waals surface area contributed by atoms with E-state index >= 15 is 0 Å². The van der Waals surface area contributed by atoms with Gasteiger partial charge in [-0.2, -0.15) is 0 Å². The Kier molecular flexibility index (Phi) is 29.6. The number of aliphatic hydroxyl groups excluding tert-OH is 7. The number of carbonyl (C=O) groups excluding carboxylic acids is 1. The first-order valence-corrected chi connectivity index (χ1v) is 23.5. The van der Waals surface area contributed by atoms with Crippen molar-refractivity contribution >= 4 is 5.78 Å². The zero-order valence-electron chi connectivity index (χ0n) is 38.8. The van der Waals surface area contributed by atoms with Crippen LogP contribution in [0.1, 0.15) is 189 Å². The number of methoxy groups -OCH3 is 1. The summed E-state index contributed by atoms with van der Waals surface area (Å²) in [5.74, 6) is -3.56. The van der Waals surface area contributed by atoms with Gasteiger partial charge < -0.3 is 64.2 Å².